The van der Waals surface area contributed by atoms with Gasteiger partial charge in [-0.05, 0) is 50.2 Å². The normalized spacial score (nSPS) is 17.3. The van der Waals surface area contributed by atoms with E-state index in [0.29, 0.717) is 29.6 Å². The van der Waals surface area contributed by atoms with Gasteiger partial charge in [-0.1, -0.05) is 18.2 Å². The molecule has 1 unspecified atom stereocenters. The molecule has 0 aromatic heterocycles. The Morgan fingerprint density at radius 3 is 2.80 bits per heavy atom. The molecule has 2 aromatic carbocycles. The minimum Gasteiger partial charge on any atom is -0.455 e. The summed E-state index contributed by atoms with van der Waals surface area (Å²) in [5, 5.41) is 5.53. The average Bonchev–Trinajstić information content (AvgIpc) is 3.02. The minimum atomic E-state index is -0.437. The maximum atomic E-state index is 13.6. The molecule has 2 N–H and O–H groups in total. The Hall–Kier alpha value is -2.60. The number of hydrogen-bond acceptors (Lipinski definition) is 3. The van der Waals surface area contributed by atoms with Crippen LogP contribution in [-0.4, -0.2) is 37.6 Å². The fourth-order valence-electron chi connectivity index (χ4n) is 2.90. The lowest BCUT2D eigenvalue weighted by molar-refractivity contribution is 0.250. The van der Waals surface area contributed by atoms with Gasteiger partial charge in [0.25, 0.3) is 0 Å². The van der Waals surface area contributed by atoms with Crippen molar-refractivity contribution < 1.29 is 13.9 Å². The highest BCUT2D eigenvalue weighted by molar-refractivity contribution is 5.91. The highest BCUT2D eigenvalue weighted by Crippen LogP contribution is 2.30. The number of nitrogens with one attached hydrogen (secondary N) is 2. The van der Waals surface area contributed by atoms with Crippen LogP contribution in [0.3, 0.4) is 0 Å². The number of rotatable bonds is 5. The summed E-state index contributed by atoms with van der Waals surface area (Å²) in [7, 11) is 2.07. The second kappa shape index (κ2) is 7.98. The fraction of sp³-hybridized carbons (Fsp3) is 0.316. The number of halogens is 1. The average molecular weight is 343 g/mol. The van der Waals surface area contributed by atoms with E-state index in [1.807, 2.05) is 18.2 Å². The van der Waals surface area contributed by atoms with E-state index in [0.717, 1.165) is 19.5 Å². The van der Waals surface area contributed by atoms with Gasteiger partial charge in [0.2, 0.25) is 0 Å². The molecule has 1 fully saturated rings. The number of likely N-dealkylation sites (tertiary alicyclic amines) is 1. The van der Waals surface area contributed by atoms with E-state index in [-0.39, 0.29) is 6.03 Å². The van der Waals surface area contributed by atoms with Gasteiger partial charge >= 0.3 is 6.03 Å². The molecule has 0 radical (unpaired) electrons. The highest BCUT2D eigenvalue weighted by atomic mass is 19.1. The summed E-state index contributed by atoms with van der Waals surface area (Å²) in [6.45, 7) is 2.62. The van der Waals surface area contributed by atoms with Crippen molar-refractivity contribution in [2.75, 3.05) is 32.0 Å². The smallest absolute Gasteiger partial charge is 0.319 e. The van der Waals surface area contributed by atoms with E-state index in [1.165, 1.54) is 18.2 Å². The number of benzene rings is 2. The first-order chi connectivity index (χ1) is 12.1. The van der Waals surface area contributed by atoms with Crippen LogP contribution in [0.5, 0.6) is 11.5 Å². The zero-order valence-corrected chi connectivity index (χ0v) is 14.2. The van der Waals surface area contributed by atoms with Gasteiger partial charge < -0.3 is 20.3 Å². The van der Waals surface area contributed by atoms with Crippen molar-refractivity contribution in [3.05, 3.63) is 54.3 Å². The predicted molar refractivity (Wildman–Crippen MR) is 95.5 cm³/mol. The Morgan fingerprint density at radius 2 is 2.08 bits per heavy atom. The number of carbonyl (C=O) groups excluding carboxylic acids is 1. The van der Waals surface area contributed by atoms with Gasteiger partial charge in [0.1, 0.15) is 11.6 Å². The summed E-state index contributed by atoms with van der Waals surface area (Å²) in [6.07, 6.45) is 1.07. The standard InChI is InChI=1S/C19H22FN3O2/c1-23-10-9-14(13-23)12-21-19(24)22-17-11-15(20)7-8-18(17)25-16-5-3-2-4-6-16/h2-8,11,14H,9-10,12-13H2,1H3,(H2,21,22,24). The molecular formula is C19H22FN3O2. The molecule has 1 saturated heterocycles. The molecule has 1 atom stereocenters. The minimum absolute atomic E-state index is 0.296. The zero-order chi connectivity index (χ0) is 17.6. The van der Waals surface area contributed by atoms with Gasteiger partial charge in [0.05, 0.1) is 5.69 Å². The predicted octanol–water partition coefficient (Wildman–Crippen LogP) is 3.69. The summed E-state index contributed by atoms with van der Waals surface area (Å²) in [4.78, 5) is 14.4. The van der Waals surface area contributed by atoms with Crippen LogP contribution in [0.25, 0.3) is 0 Å². The van der Waals surface area contributed by atoms with Crippen molar-refractivity contribution in [1.29, 1.82) is 0 Å². The number of amides is 2. The maximum absolute atomic E-state index is 13.6. The summed E-state index contributed by atoms with van der Waals surface area (Å²) < 4.78 is 19.3. The van der Waals surface area contributed by atoms with Crippen molar-refractivity contribution in [2.45, 2.75) is 6.42 Å². The first-order valence-electron chi connectivity index (χ1n) is 8.36. The van der Waals surface area contributed by atoms with E-state index < -0.39 is 5.82 Å². The number of hydrogen-bond donors (Lipinski definition) is 2. The first kappa shape index (κ1) is 17.2. The van der Waals surface area contributed by atoms with Crippen LogP contribution in [-0.2, 0) is 0 Å². The number of anilines is 1. The van der Waals surface area contributed by atoms with Crippen LogP contribution in [0.15, 0.2) is 48.5 Å². The number of carbonyl (C=O) groups is 1. The van der Waals surface area contributed by atoms with Crippen LogP contribution >= 0.6 is 0 Å². The second-order valence-electron chi connectivity index (χ2n) is 6.31. The highest BCUT2D eigenvalue weighted by Gasteiger charge is 2.20. The molecule has 2 aromatic rings. The Bertz CT molecular complexity index is 724. The van der Waals surface area contributed by atoms with E-state index in [1.54, 1.807) is 12.1 Å². The molecule has 6 heteroatoms. The molecule has 0 saturated carbocycles. The molecule has 3 rings (SSSR count). The van der Waals surface area contributed by atoms with Gasteiger partial charge in [0.15, 0.2) is 5.75 Å². The monoisotopic (exact) mass is 343 g/mol. The molecular weight excluding hydrogens is 321 g/mol. The largest absolute Gasteiger partial charge is 0.455 e. The molecule has 5 nitrogen and oxygen atoms in total. The number of ether oxygens (including phenoxy) is 1. The first-order valence-corrected chi connectivity index (χ1v) is 8.36. The van der Waals surface area contributed by atoms with E-state index in [4.69, 9.17) is 4.74 Å². The third-order valence-electron chi connectivity index (χ3n) is 4.20. The number of para-hydroxylation sites is 1. The molecule has 2 amide bonds. The second-order valence-corrected chi connectivity index (χ2v) is 6.31. The topological polar surface area (TPSA) is 53.6 Å². The SMILES string of the molecule is CN1CCC(CNC(=O)Nc2cc(F)ccc2Oc2ccccc2)C1. The zero-order valence-electron chi connectivity index (χ0n) is 14.2. The van der Waals surface area contributed by atoms with Crippen LogP contribution in [0.1, 0.15) is 6.42 Å². The van der Waals surface area contributed by atoms with Gasteiger partial charge in [-0.15, -0.1) is 0 Å². The van der Waals surface area contributed by atoms with E-state index in [2.05, 4.69) is 22.6 Å². The summed E-state index contributed by atoms with van der Waals surface area (Å²) in [5.41, 5.74) is 0.296. The van der Waals surface area contributed by atoms with Crippen molar-refractivity contribution in [3.63, 3.8) is 0 Å². The van der Waals surface area contributed by atoms with Crippen LogP contribution < -0.4 is 15.4 Å². The summed E-state index contributed by atoms with van der Waals surface area (Å²) in [6, 6.07) is 12.9. The maximum Gasteiger partial charge on any atom is 0.319 e. The lowest BCUT2D eigenvalue weighted by atomic mass is 10.1. The van der Waals surface area contributed by atoms with E-state index in [9.17, 15) is 9.18 Å². The third kappa shape index (κ3) is 4.93. The van der Waals surface area contributed by atoms with Gasteiger partial charge in [-0.2, -0.15) is 0 Å². The van der Waals surface area contributed by atoms with Gasteiger partial charge in [-0.3, -0.25) is 0 Å². The van der Waals surface area contributed by atoms with E-state index >= 15 is 0 Å². The molecule has 25 heavy (non-hydrogen) atoms. The Morgan fingerprint density at radius 1 is 1.28 bits per heavy atom. The molecule has 0 spiro atoms. The van der Waals surface area contributed by atoms with Crippen molar-refractivity contribution in [1.82, 2.24) is 10.2 Å². The summed E-state index contributed by atoms with van der Waals surface area (Å²) >= 11 is 0. The van der Waals surface area contributed by atoms with Crippen molar-refractivity contribution in [3.8, 4) is 11.5 Å². The summed E-state index contributed by atoms with van der Waals surface area (Å²) in [5.74, 6) is 1.02. The Kier molecular flexibility index (Phi) is 5.50. The number of urea groups is 1. The molecule has 132 valence electrons. The molecule has 0 aliphatic carbocycles. The third-order valence-corrected chi connectivity index (χ3v) is 4.20. The lowest BCUT2D eigenvalue weighted by Crippen LogP contribution is -2.34. The van der Waals surface area contributed by atoms with Crippen molar-refractivity contribution in [2.24, 2.45) is 5.92 Å². The molecule has 1 aliphatic heterocycles. The number of nitrogens with zero attached hydrogens (tertiary/aromatic N) is 1. The molecule has 0 bridgehead atoms. The Labute approximate surface area is 146 Å². The molecule has 1 heterocycles. The van der Waals surface area contributed by atoms with Gasteiger partial charge in [0, 0.05) is 19.2 Å². The quantitative estimate of drug-likeness (QED) is 0.870. The molecule has 1 aliphatic rings. The van der Waals surface area contributed by atoms with Crippen LogP contribution in [0.2, 0.25) is 0 Å². The van der Waals surface area contributed by atoms with Crippen LogP contribution in [0.4, 0.5) is 14.9 Å². The fourth-order valence-corrected chi connectivity index (χ4v) is 2.90. The van der Waals surface area contributed by atoms with Crippen molar-refractivity contribution >= 4 is 11.7 Å². The van der Waals surface area contributed by atoms with Crippen LogP contribution in [0, 0.1) is 11.7 Å². The lowest BCUT2D eigenvalue weighted by Gasteiger charge is -2.15. The van der Waals surface area contributed by atoms with Gasteiger partial charge in [-0.25, -0.2) is 9.18 Å². The Balaban J connectivity index is 1.62.